The lowest BCUT2D eigenvalue weighted by Crippen LogP contribution is -2.38. The van der Waals surface area contributed by atoms with Crippen LogP contribution in [0.2, 0.25) is 0 Å². The van der Waals surface area contributed by atoms with E-state index in [2.05, 4.69) is 24.2 Å². The maximum Gasteiger partial charge on any atom is 0.416 e. The van der Waals surface area contributed by atoms with Crippen LogP contribution in [0, 0.1) is 11.6 Å². The van der Waals surface area contributed by atoms with Crippen molar-refractivity contribution in [3.05, 3.63) is 159 Å². The molecular weight excluding hydrogens is 708 g/mol. The topological polar surface area (TPSA) is 65.6 Å². The van der Waals surface area contributed by atoms with Gasteiger partial charge in [-0.05, 0) is 84.5 Å². The number of hydrogen-bond acceptors (Lipinski definition) is 5. The van der Waals surface area contributed by atoms with Crippen LogP contribution in [0.1, 0.15) is 46.0 Å². The zero-order valence-corrected chi connectivity index (χ0v) is 29.9. The molecule has 0 amide bonds. The van der Waals surface area contributed by atoms with E-state index in [1.807, 2.05) is 33.4 Å². The molecule has 272 valence electrons. The van der Waals surface area contributed by atoms with Crippen LogP contribution < -0.4 is 5.56 Å². The highest BCUT2D eigenvalue weighted by molar-refractivity contribution is 7.98. The van der Waals surface area contributed by atoms with Crippen LogP contribution in [-0.2, 0) is 44.4 Å². The monoisotopic (exact) mass is 743 g/mol. The van der Waals surface area contributed by atoms with Crippen molar-refractivity contribution >= 4 is 11.8 Å². The molecule has 0 unspecified atom stereocenters. The summed E-state index contributed by atoms with van der Waals surface area (Å²) in [5.41, 5.74) is 4.64. The van der Waals surface area contributed by atoms with Gasteiger partial charge in [0.25, 0.3) is 5.56 Å². The zero-order chi connectivity index (χ0) is 37.3. The van der Waals surface area contributed by atoms with Gasteiger partial charge in [-0.15, -0.1) is 10.2 Å². The van der Waals surface area contributed by atoms with Crippen molar-refractivity contribution < 1.29 is 26.4 Å². The Morgan fingerprint density at radius 3 is 1.94 bits per heavy atom. The predicted octanol–water partition coefficient (Wildman–Crippen LogP) is 8.39. The first-order valence-corrected chi connectivity index (χ1v) is 18.1. The Hall–Kier alpha value is -5.14. The molecule has 0 saturated carbocycles. The van der Waals surface area contributed by atoms with Crippen molar-refractivity contribution in [2.75, 3.05) is 14.1 Å². The molecular formula is C40H36F5N6OS+. The molecule has 0 radical (unpaired) electrons. The Labute approximate surface area is 307 Å². The van der Waals surface area contributed by atoms with E-state index < -0.39 is 11.7 Å². The van der Waals surface area contributed by atoms with Gasteiger partial charge in [0.15, 0.2) is 16.8 Å². The molecule has 53 heavy (non-hydrogen) atoms. The van der Waals surface area contributed by atoms with Gasteiger partial charge in [-0.3, -0.25) is 9.36 Å². The summed E-state index contributed by atoms with van der Waals surface area (Å²) in [6.45, 7) is 1.31. The lowest BCUT2D eigenvalue weighted by atomic mass is 10.0. The van der Waals surface area contributed by atoms with Crippen molar-refractivity contribution in [1.29, 1.82) is 0 Å². The third-order valence-corrected chi connectivity index (χ3v) is 10.4. The molecule has 4 aromatic carbocycles. The smallest absolute Gasteiger partial charge is 0.318 e. The number of benzene rings is 4. The van der Waals surface area contributed by atoms with Crippen molar-refractivity contribution in [2.24, 2.45) is 0 Å². The summed E-state index contributed by atoms with van der Waals surface area (Å²) in [5, 5.41) is 9.90. The molecule has 2 aromatic heterocycles. The van der Waals surface area contributed by atoms with Crippen LogP contribution in [0.4, 0.5) is 22.0 Å². The molecule has 0 aliphatic heterocycles. The van der Waals surface area contributed by atoms with Gasteiger partial charge >= 0.3 is 6.18 Å². The largest absolute Gasteiger partial charge is 0.416 e. The van der Waals surface area contributed by atoms with Crippen molar-refractivity contribution in [2.45, 2.75) is 56.0 Å². The van der Waals surface area contributed by atoms with E-state index in [1.165, 1.54) is 48.2 Å². The number of rotatable bonds is 11. The van der Waals surface area contributed by atoms with Crippen molar-refractivity contribution in [3.8, 4) is 16.8 Å². The minimum Gasteiger partial charge on any atom is -0.318 e. The third kappa shape index (κ3) is 8.26. The predicted molar refractivity (Wildman–Crippen MR) is 193 cm³/mol. The van der Waals surface area contributed by atoms with Crippen LogP contribution in [0.5, 0.6) is 0 Å². The number of nitrogens with zero attached hydrogens (tertiary/aromatic N) is 6. The van der Waals surface area contributed by atoms with Gasteiger partial charge in [0.1, 0.15) is 24.7 Å². The Morgan fingerprint density at radius 2 is 1.32 bits per heavy atom. The van der Waals surface area contributed by atoms with E-state index in [1.54, 1.807) is 24.3 Å². The number of aromatic nitrogens is 5. The van der Waals surface area contributed by atoms with Crippen LogP contribution in [0.15, 0.2) is 107 Å². The fourth-order valence-corrected chi connectivity index (χ4v) is 7.73. The quantitative estimate of drug-likeness (QED) is 0.0578. The third-order valence-electron chi connectivity index (χ3n) is 9.34. The molecule has 0 atom stereocenters. The maximum atomic E-state index is 13.7. The van der Waals surface area contributed by atoms with Crippen molar-refractivity contribution in [1.82, 2.24) is 24.3 Å². The van der Waals surface area contributed by atoms with Gasteiger partial charge in [-0.1, -0.05) is 60.3 Å². The summed E-state index contributed by atoms with van der Waals surface area (Å²) in [5.74, 6) is 1.12. The Kier molecular flexibility index (Phi) is 10.1. The molecule has 7 rings (SSSR count). The Balaban J connectivity index is 1.26. The minimum absolute atomic E-state index is 0.240. The summed E-state index contributed by atoms with van der Waals surface area (Å²) >= 11 is 1.40. The summed E-state index contributed by atoms with van der Waals surface area (Å²) in [7, 11) is 4.11. The second kappa shape index (κ2) is 14.7. The fraction of sp³-hybridized carbons (Fsp3) is 0.250. The second-order valence-corrected chi connectivity index (χ2v) is 14.8. The fourth-order valence-electron chi connectivity index (χ4n) is 6.76. The van der Waals surface area contributed by atoms with Gasteiger partial charge in [0, 0.05) is 28.3 Å². The molecule has 0 saturated heterocycles. The number of thioether (sulfide) groups is 1. The summed E-state index contributed by atoms with van der Waals surface area (Å²) < 4.78 is 71.4. The molecule has 7 nitrogen and oxygen atoms in total. The average molecular weight is 744 g/mol. The second-order valence-electron chi connectivity index (χ2n) is 13.8. The molecule has 0 spiro atoms. The van der Waals surface area contributed by atoms with E-state index >= 15 is 0 Å². The first-order chi connectivity index (χ1) is 25.3. The van der Waals surface area contributed by atoms with E-state index in [0.29, 0.717) is 64.1 Å². The Morgan fingerprint density at radius 1 is 0.736 bits per heavy atom. The standard InChI is InChI=1S/C40H36F5N6OS/c1-51(2,23-26-6-16-31(41)17-7-26)24-37-48-47-36(50(37)33-20-12-29(13-21-33)28-10-14-30(15-11-28)40(43,44)45)22-49-35-5-3-4-34(35)38(52)46-39(49)53-25-27-8-18-32(42)19-9-27/h6-21H,3-5,22-25H2,1-2H3/q+1. The highest BCUT2D eigenvalue weighted by atomic mass is 32.2. The van der Waals surface area contributed by atoms with Gasteiger partial charge < -0.3 is 9.05 Å². The molecule has 1 aliphatic rings. The Bertz CT molecular complexity index is 2280. The first kappa shape index (κ1) is 36.2. The van der Waals surface area contributed by atoms with Crippen LogP contribution in [-0.4, -0.2) is 42.9 Å². The summed E-state index contributed by atoms with van der Waals surface area (Å²) in [4.78, 5) is 17.6. The SMILES string of the molecule is C[N+](C)(Cc1ccc(F)cc1)Cc1nnc(Cn2c(SCc3ccc(F)cc3)nc(=O)c3c2CCC3)n1-c1ccc(-c2ccc(C(F)(F)F)cc2)cc1. The highest BCUT2D eigenvalue weighted by Crippen LogP contribution is 2.32. The van der Waals surface area contributed by atoms with Gasteiger partial charge in [0.05, 0.1) is 26.2 Å². The van der Waals surface area contributed by atoms with Gasteiger partial charge in [0.2, 0.25) is 0 Å². The molecule has 2 heterocycles. The molecule has 6 aromatic rings. The normalized spacial score (nSPS) is 13.0. The number of fused-ring (bicyclic) bond motifs is 1. The number of quaternary nitrogens is 1. The molecule has 13 heteroatoms. The number of hydrogen-bond donors (Lipinski definition) is 0. The van der Waals surface area contributed by atoms with Crippen LogP contribution in [0.3, 0.4) is 0 Å². The average Bonchev–Trinajstić information content (AvgIpc) is 3.78. The summed E-state index contributed by atoms with van der Waals surface area (Å²) in [6, 6.07) is 25.2. The summed E-state index contributed by atoms with van der Waals surface area (Å²) in [6.07, 6.45) is -2.24. The molecule has 0 bridgehead atoms. The van der Waals surface area contributed by atoms with E-state index in [4.69, 9.17) is 5.10 Å². The lowest BCUT2D eigenvalue weighted by Gasteiger charge is -2.29. The molecule has 1 aliphatic carbocycles. The highest BCUT2D eigenvalue weighted by Gasteiger charge is 2.30. The van der Waals surface area contributed by atoms with Crippen LogP contribution in [0.25, 0.3) is 16.8 Å². The zero-order valence-electron chi connectivity index (χ0n) is 29.1. The van der Waals surface area contributed by atoms with E-state index in [0.717, 1.165) is 46.6 Å². The number of halogens is 5. The van der Waals surface area contributed by atoms with Gasteiger partial charge in [-0.25, -0.2) is 8.78 Å². The lowest BCUT2D eigenvalue weighted by molar-refractivity contribution is -0.917. The van der Waals surface area contributed by atoms with Crippen LogP contribution >= 0.6 is 11.8 Å². The van der Waals surface area contributed by atoms with E-state index in [9.17, 15) is 26.7 Å². The first-order valence-electron chi connectivity index (χ1n) is 17.1. The maximum absolute atomic E-state index is 13.7. The van der Waals surface area contributed by atoms with E-state index in [-0.39, 0.29) is 23.7 Å². The molecule has 0 fully saturated rings. The number of alkyl halides is 3. The molecule has 0 N–H and O–H groups in total. The van der Waals surface area contributed by atoms with Crippen molar-refractivity contribution in [3.63, 3.8) is 0 Å². The van der Waals surface area contributed by atoms with Gasteiger partial charge in [-0.2, -0.15) is 18.2 Å². The minimum atomic E-state index is -4.42.